The molecule has 0 spiro atoms. The average molecular weight is 517 g/mol. The van der Waals surface area contributed by atoms with Crippen molar-refractivity contribution in [2.75, 3.05) is 25.0 Å². The summed E-state index contributed by atoms with van der Waals surface area (Å²) >= 11 is 10.0. The normalized spacial score (nSPS) is 19.6. The number of benzene rings is 1. The second kappa shape index (κ2) is 9.40. The number of hydrogen-bond acceptors (Lipinski definition) is 4. The lowest BCUT2D eigenvalue weighted by atomic mass is 9.96. The maximum absolute atomic E-state index is 12.9. The zero-order chi connectivity index (χ0) is 22.1. The summed E-state index contributed by atoms with van der Waals surface area (Å²) in [5.74, 6) is 1.91. The molecule has 2 fully saturated rings. The Balaban J connectivity index is 1.35. The summed E-state index contributed by atoms with van der Waals surface area (Å²) in [5.41, 5.74) is 2.43. The molecule has 168 valence electrons. The summed E-state index contributed by atoms with van der Waals surface area (Å²) < 4.78 is 2.65. The molecule has 3 heterocycles. The number of aromatic nitrogens is 3. The van der Waals surface area contributed by atoms with Crippen molar-refractivity contribution in [2.24, 2.45) is 11.8 Å². The molecule has 1 atom stereocenters. The van der Waals surface area contributed by atoms with Gasteiger partial charge in [-0.05, 0) is 53.6 Å². The van der Waals surface area contributed by atoms with Gasteiger partial charge in [0, 0.05) is 42.2 Å². The zero-order valence-electron chi connectivity index (χ0n) is 17.9. The molecule has 1 unspecified atom stereocenters. The van der Waals surface area contributed by atoms with E-state index < -0.39 is 0 Å². The Morgan fingerprint density at radius 2 is 2.00 bits per heavy atom. The van der Waals surface area contributed by atoms with Gasteiger partial charge in [-0.1, -0.05) is 42.6 Å². The number of likely N-dealkylation sites (tertiary alicyclic amines) is 1. The molecule has 8 heteroatoms. The summed E-state index contributed by atoms with van der Waals surface area (Å²) in [6.45, 7) is 2.51. The van der Waals surface area contributed by atoms with Crippen LogP contribution >= 0.6 is 27.5 Å². The Kier molecular flexibility index (Phi) is 6.37. The van der Waals surface area contributed by atoms with Gasteiger partial charge in [0.2, 0.25) is 5.91 Å². The fourth-order valence-corrected chi connectivity index (χ4v) is 5.56. The van der Waals surface area contributed by atoms with Crippen molar-refractivity contribution < 1.29 is 4.79 Å². The molecule has 1 saturated carbocycles. The van der Waals surface area contributed by atoms with Crippen LogP contribution in [0.5, 0.6) is 0 Å². The molecule has 32 heavy (non-hydrogen) atoms. The number of nitrogens with one attached hydrogen (secondary N) is 1. The van der Waals surface area contributed by atoms with Gasteiger partial charge in [-0.2, -0.15) is 9.61 Å². The predicted molar refractivity (Wildman–Crippen MR) is 131 cm³/mol. The summed E-state index contributed by atoms with van der Waals surface area (Å²) in [5, 5.41) is 8.74. The van der Waals surface area contributed by atoms with Gasteiger partial charge in [0.05, 0.1) is 16.4 Å². The molecule has 1 amide bonds. The van der Waals surface area contributed by atoms with Crippen molar-refractivity contribution in [2.45, 2.75) is 38.5 Å². The lowest BCUT2D eigenvalue weighted by Gasteiger charge is -2.34. The van der Waals surface area contributed by atoms with Crippen LogP contribution in [-0.4, -0.2) is 45.0 Å². The number of halogens is 2. The third kappa shape index (κ3) is 4.37. The average Bonchev–Trinajstić information content (AvgIpc) is 3.48. The Morgan fingerprint density at radius 3 is 2.81 bits per heavy atom. The number of nitrogens with zero attached hydrogens (tertiary/aromatic N) is 4. The van der Waals surface area contributed by atoms with E-state index in [0.29, 0.717) is 16.8 Å². The topological polar surface area (TPSA) is 62.5 Å². The van der Waals surface area contributed by atoms with Gasteiger partial charge >= 0.3 is 0 Å². The van der Waals surface area contributed by atoms with E-state index in [2.05, 4.69) is 31.2 Å². The Labute approximate surface area is 201 Å². The smallest absolute Gasteiger partial charge is 0.225 e. The number of amides is 1. The summed E-state index contributed by atoms with van der Waals surface area (Å²) in [4.78, 5) is 19.8. The monoisotopic (exact) mass is 515 g/mol. The molecule has 1 aromatic carbocycles. The Hall–Kier alpha value is -2.12. The fourth-order valence-electron chi connectivity index (χ4n) is 4.98. The number of carbonyl (C=O) groups is 1. The molecule has 3 aromatic rings. The number of anilines is 1. The lowest BCUT2D eigenvalue weighted by molar-refractivity contribution is -0.137. The minimum Gasteiger partial charge on any atom is -0.370 e. The van der Waals surface area contributed by atoms with E-state index in [0.717, 1.165) is 72.5 Å². The van der Waals surface area contributed by atoms with Crippen LogP contribution in [0.3, 0.4) is 0 Å². The lowest BCUT2D eigenvalue weighted by Crippen LogP contribution is -2.44. The van der Waals surface area contributed by atoms with Crippen LogP contribution in [0.15, 0.2) is 41.0 Å². The van der Waals surface area contributed by atoms with Crippen LogP contribution in [0.25, 0.3) is 16.9 Å². The molecule has 0 radical (unpaired) electrons. The molecule has 2 aromatic heterocycles. The standard InChI is InChI=1S/C24H27BrClN5O/c25-19-14-28-31-22(12-21(29-23(19)31)18-9-3-4-10-20(18)26)27-13-16-6-5-11-30(15-16)24(32)17-7-1-2-8-17/h3-4,9-10,12,14,16-17,27H,1-2,5-8,11,13,15H2. The van der Waals surface area contributed by atoms with Crippen molar-refractivity contribution in [3.63, 3.8) is 0 Å². The quantitative estimate of drug-likeness (QED) is 0.476. The van der Waals surface area contributed by atoms with E-state index in [4.69, 9.17) is 16.6 Å². The Bertz CT molecular complexity index is 1130. The SMILES string of the molecule is O=C(C1CCCC1)N1CCCC(CNc2cc(-c3ccccc3Cl)nc3c(Br)cnn23)C1. The van der Waals surface area contributed by atoms with Crippen LogP contribution in [0.1, 0.15) is 38.5 Å². The van der Waals surface area contributed by atoms with Gasteiger partial charge < -0.3 is 10.2 Å². The highest BCUT2D eigenvalue weighted by Crippen LogP contribution is 2.31. The molecule has 5 rings (SSSR count). The molecule has 1 aliphatic carbocycles. The largest absolute Gasteiger partial charge is 0.370 e. The van der Waals surface area contributed by atoms with Crippen LogP contribution in [0.4, 0.5) is 5.82 Å². The summed E-state index contributed by atoms with van der Waals surface area (Å²) in [6, 6.07) is 9.73. The van der Waals surface area contributed by atoms with Gasteiger partial charge in [-0.25, -0.2) is 4.98 Å². The van der Waals surface area contributed by atoms with Crippen LogP contribution in [0.2, 0.25) is 5.02 Å². The highest BCUT2D eigenvalue weighted by atomic mass is 79.9. The maximum atomic E-state index is 12.9. The van der Waals surface area contributed by atoms with E-state index in [1.807, 2.05) is 34.8 Å². The predicted octanol–water partition coefficient (Wildman–Crippen LogP) is 5.65. The van der Waals surface area contributed by atoms with E-state index in [-0.39, 0.29) is 5.92 Å². The van der Waals surface area contributed by atoms with E-state index >= 15 is 0 Å². The van der Waals surface area contributed by atoms with Gasteiger partial charge in [-0.3, -0.25) is 4.79 Å². The highest BCUT2D eigenvalue weighted by molar-refractivity contribution is 9.10. The minimum atomic E-state index is 0.251. The van der Waals surface area contributed by atoms with Gasteiger partial charge in [0.1, 0.15) is 5.82 Å². The summed E-state index contributed by atoms with van der Waals surface area (Å²) in [7, 11) is 0. The van der Waals surface area contributed by atoms with Gasteiger partial charge in [0.15, 0.2) is 5.65 Å². The van der Waals surface area contributed by atoms with Crippen molar-refractivity contribution >= 4 is 44.9 Å². The molecule has 1 saturated heterocycles. The highest BCUT2D eigenvalue weighted by Gasteiger charge is 2.30. The van der Waals surface area contributed by atoms with Gasteiger partial charge in [-0.15, -0.1) is 0 Å². The number of rotatable bonds is 5. The van der Waals surface area contributed by atoms with Crippen molar-refractivity contribution in [1.82, 2.24) is 19.5 Å². The molecule has 2 aliphatic rings. The maximum Gasteiger partial charge on any atom is 0.225 e. The van der Waals surface area contributed by atoms with Crippen LogP contribution in [-0.2, 0) is 4.79 Å². The van der Waals surface area contributed by atoms with E-state index in [1.54, 1.807) is 6.20 Å². The summed E-state index contributed by atoms with van der Waals surface area (Å²) in [6.07, 6.45) is 8.45. The first-order chi connectivity index (χ1) is 15.6. The minimum absolute atomic E-state index is 0.251. The second-order valence-corrected chi connectivity index (χ2v) is 10.2. The first kappa shape index (κ1) is 21.7. The molecule has 1 N–H and O–H groups in total. The fraction of sp³-hybridized carbons (Fsp3) is 0.458. The van der Waals surface area contributed by atoms with Crippen LogP contribution in [0, 0.1) is 11.8 Å². The number of carbonyl (C=O) groups excluding carboxylic acids is 1. The first-order valence-corrected chi connectivity index (χ1v) is 12.6. The zero-order valence-corrected chi connectivity index (χ0v) is 20.3. The molecular formula is C24H27BrClN5O. The third-order valence-electron chi connectivity index (χ3n) is 6.69. The van der Waals surface area contributed by atoms with E-state index in [1.165, 1.54) is 12.8 Å². The molecule has 6 nitrogen and oxygen atoms in total. The van der Waals surface area contributed by atoms with Crippen molar-refractivity contribution in [3.05, 3.63) is 46.0 Å². The van der Waals surface area contributed by atoms with Crippen LogP contribution < -0.4 is 5.32 Å². The number of fused-ring (bicyclic) bond motifs is 1. The van der Waals surface area contributed by atoms with E-state index in [9.17, 15) is 4.79 Å². The van der Waals surface area contributed by atoms with Gasteiger partial charge in [0.25, 0.3) is 0 Å². The molecule has 1 aliphatic heterocycles. The first-order valence-electron chi connectivity index (χ1n) is 11.4. The van der Waals surface area contributed by atoms with Crippen molar-refractivity contribution in [1.29, 1.82) is 0 Å². The molecule has 0 bridgehead atoms. The number of piperidine rings is 1. The Morgan fingerprint density at radius 1 is 1.19 bits per heavy atom. The number of hydrogen-bond donors (Lipinski definition) is 1. The van der Waals surface area contributed by atoms with Crippen molar-refractivity contribution in [3.8, 4) is 11.3 Å². The second-order valence-electron chi connectivity index (χ2n) is 8.89. The third-order valence-corrected chi connectivity index (χ3v) is 7.57. The molecular weight excluding hydrogens is 490 g/mol.